The first-order valence-electron chi connectivity index (χ1n) is 6.20. The summed E-state index contributed by atoms with van der Waals surface area (Å²) in [7, 11) is 0. The molecule has 0 atom stereocenters. The second-order valence-electron chi connectivity index (χ2n) is 4.39. The third-order valence-corrected chi connectivity index (χ3v) is 3.45. The lowest BCUT2D eigenvalue weighted by atomic mass is 10.2. The van der Waals surface area contributed by atoms with Gasteiger partial charge in [0.25, 0.3) is 5.56 Å². The van der Waals surface area contributed by atoms with Crippen molar-refractivity contribution in [3.05, 3.63) is 49.9 Å². The second-order valence-corrected chi connectivity index (χ2v) is 4.80. The number of nitrogens with one attached hydrogen (secondary N) is 2. The molecular weight excluding hydrogens is 299 g/mol. The Morgan fingerprint density at radius 2 is 2.10 bits per heavy atom. The number of hydrogen-bond donors (Lipinski definition) is 2. The molecule has 6 nitrogen and oxygen atoms in total. The zero-order chi connectivity index (χ0) is 15.1. The van der Waals surface area contributed by atoms with Crippen molar-refractivity contribution in [3.8, 4) is 11.4 Å². The van der Waals surface area contributed by atoms with Crippen molar-refractivity contribution in [3.63, 3.8) is 0 Å². The van der Waals surface area contributed by atoms with Crippen LogP contribution in [0.5, 0.6) is 0 Å². The van der Waals surface area contributed by atoms with E-state index in [-0.39, 0.29) is 27.6 Å². The van der Waals surface area contributed by atoms with Crippen molar-refractivity contribution in [1.82, 2.24) is 19.5 Å². The number of nitrogens with zero attached hydrogens (tertiary/aromatic N) is 2. The summed E-state index contributed by atoms with van der Waals surface area (Å²) in [6.45, 7) is 2.07. The van der Waals surface area contributed by atoms with E-state index in [1.54, 1.807) is 13.0 Å². The van der Waals surface area contributed by atoms with Crippen LogP contribution < -0.4 is 11.2 Å². The first kappa shape index (κ1) is 13.6. The van der Waals surface area contributed by atoms with Crippen LogP contribution in [0, 0.1) is 5.82 Å². The average Bonchev–Trinajstić information content (AvgIpc) is 2.87. The summed E-state index contributed by atoms with van der Waals surface area (Å²) in [5.41, 5.74) is -0.722. The molecule has 2 heterocycles. The van der Waals surface area contributed by atoms with Crippen molar-refractivity contribution in [2.75, 3.05) is 0 Å². The van der Waals surface area contributed by atoms with Gasteiger partial charge >= 0.3 is 5.69 Å². The van der Waals surface area contributed by atoms with Crippen LogP contribution in [0.1, 0.15) is 6.92 Å². The van der Waals surface area contributed by atoms with Gasteiger partial charge in [0, 0.05) is 6.54 Å². The number of benzene rings is 1. The molecule has 0 aliphatic carbocycles. The summed E-state index contributed by atoms with van der Waals surface area (Å²) < 4.78 is 15.3. The van der Waals surface area contributed by atoms with Gasteiger partial charge in [0.15, 0.2) is 11.5 Å². The standard InChI is InChI=1S/C13H10ClFN4O2/c1-2-19-11-9(12(20)18-13(19)21)16-10(17-11)6-4-3-5-7(14)8(6)15/h3-5H,2H2,1H3,(H,16,17)(H,18,20,21). The van der Waals surface area contributed by atoms with E-state index >= 15 is 0 Å². The van der Waals surface area contributed by atoms with Crippen molar-refractivity contribution >= 4 is 22.8 Å². The zero-order valence-corrected chi connectivity index (χ0v) is 11.7. The lowest BCUT2D eigenvalue weighted by Crippen LogP contribution is -2.29. The minimum Gasteiger partial charge on any atom is -0.332 e. The van der Waals surface area contributed by atoms with E-state index in [1.165, 1.54) is 16.7 Å². The number of aromatic amines is 2. The van der Waals surface area contributed by atoms with Crippen molar-refractivity contribution in [1.29, 1.82) is 0 Å². The lowest BCUT2D eigenvalue weighted by Gasteiger charge is -2.00. The molecule has 0 saturated carbocycles. The van der Waals surface area contributed by atoms with E-state index < -0.39 is 17.1 Å². The Balaban J connectivity index is 2.37. The van der Waals surface area contributed by atoms with E-state index in [4.69, 9.17) is 11.6 Å². The van der Waals surface area contributed by atoms with Crippen LogP contribution in [0.2, 0.25) is 5.02 Å². The normalized spacial score (nSPS) is 11.2. The molecule has 2 aromatic heterocycles. The molecule has 1 aromatic carbocycles. The topological polar surface area (TPSA) is 83.5 Å². The van der Waals surface area contributed by atoms with Gasteiger partial charge in [-0.15, -0.1) is 0 Å². The lowest BCUT2D eigenvalue weighted by molar-refractivity contribution is 0.630. The van der Waals surface area contributed by atoms with Crippen molar-refractivity contribution in [2.45, 2.75) is 13.5 Å². The van der Waals surface area contributed by atoms with Crippen LogP contribution in [-0.2, 0) is 6.54 Å². The number of halogens is 2. The van der Waals surface area contributed by atoms with E-state index in [1.807, 2.05) is 0 Å². The molecule has 3 aromatic rings. The fourth-order valence-corrected chi connectivity index (χ4v) is 2.32. The average molecular weight is 309 g/mol. The van der Waals surface area contributed by atoms with Gasteiger partial charge in [-0.25, -0.2) is 14.2 Å². The van der Waals surface area contributed by atoms with Gasteiger partial charge in [0.05, 0.1) is 10.6 Å². The molecule has 0 bridgehead atoms. The third-order valence-electron chi connectivity index (χ3n) is 3.16. The number of imidazole rings is 1. The van der Waals surface area contributed by atoms with Gasteiger partial charge in [-0.05, 0) is 19.1 Å². The molecule has 0 fully saturated rings. The molecule has 8 heteroatoms. The number of H-pyrrole nitrogens is 2. The minimum atomic E-state index is -0.639. The Bertz CT molecular complexity index is 957. The maximum Gasteiger partial charge on any atom is 0.330 e. The number of hydrogen-bond acceptors (Lipinski definition) is 3. The van der Waals surface area contributed by atoms with E-state index in [0.29, 0.717) is 6.54 Å². The fourth-order valence-electron chi connectivity index (χ4n) is 2.15. The molecule has 0 saturated heterocycles. The zero-order valence-electron chi connectivity index (χ0n) is 10.9. The van der Waals surface area contributed by atoms with Crippen LogP contribution in [0.4, 0.5) is 4.39 Å². The SMILES string of the molecule is CCn1c(=O)[nH]c(=O)c2[nH]c(-c3cccc(Cl)c3F)nc21. The Morgan fingerprint density at radius 3 is 2.81 bits per heavy atom. The van der Waals surface area contributed by atoms with Gasteiger partial charge in [0.2, 0.25) is 0 Å². The summed E-state index contributed by atoms with van der Waals surface area (Å²) in [5, 5.41) is -0.0465. The molecule has 108 valence electrons. The highest BCUT2D eigenvalue weighted by molar-refractivity contribution is 6.31. The van der Waals surface area contributed by atoms with Crippen LogP contribution >= 0.6 is 11.6 Å². The highest BCUT2D eigenvalue weighted by Crippen LogP contribution is 2.26. The maximum absolute atomic E-state index is 14.0. The third kappa shape index (κ3) is 2.06. The number of aryl methyl sites for hydroxylation is 1. The Hall–Kier alpha value is -2.41. The van der Waals surface area contributed by atoms with Crippen LogP contribution in [0.3, 0.4) is 0 Å². The summed E-state index contributed by atoms with van der Waals surface area (Å²) in [6.07, 6.45) is 0. The van der Waals surface area contributed by atoms with Crippen molar-refractivity contribution < 1.29 is 4.39 Å². The fraction of sp³-hybridized carbons (Fsp3) is 0.154. The number of aromatic nitrogens is 4. The predicted octanol–water partition coefficient (Wildman–Crippen LogP) is 1.89. The molecule has 0 spiro atoms. The summed E-state index contributed by atoms with van der Waals surface area (Å²) in [4.78, 5) is 32.6. The quantitative estimate of drug-likeness (QED) is 0.758. The molecule has 0 aliphatic heterocycles. The van der Waals surface area contributed by atoms with E-state index in [2.05, 4.69) is 15.0 Å². The van der Waals surface area contributed by atoms with E-state index in [0.717, 1.165) is 0 Å². The van der Waals surface area contributed by atoms with Crippen LogP contribution in [0.25, 0.3) is 22.6 Å². The Morgan fingerprint density at radius 1 is 1.33 bits per heavy atom. The van der Waals surface area contributed by atoms with Crippen LogP contribution in [0.15, 0.2) is 27.8 Å². The summed E-state index contributed by atoms with van der Waals surface area (Å²) in [6, 6.07) is 4.48. The highest BCUT2D eigenvalue weighted by atomic mass is 35.5. The molecule has 2 N–H and O–H groups in total. The predicted molar refractivity (Wildman–Crippen MR) is 77.1 cm³/mol. The van der Waals surface area contributed by atoms with Gasteiger partial charge in [-0.3, -0.25) is 14.3 Å². The second kappa shape index (κ2) is 4.85. The molecule has 0 unspecified atom stereocenters. The Kier molecular flexibility index (Phi) is 3.13. The number of rotatable bonds is 2. The maximum atomic E-state index is 14.0. The molecule has 21 heavy (non-hydrogen) atoms. The Labute approximate surface area is 122 Å². The van der Waals surface area contributed by atoms with Gasteiger partial charge in [-0.2, -0.15) is 0 Å². The molecule has 0 amide bonds. The molecular formula is C13H10ClFN4O2. The van der Waals surface area contributed by atoms with Crippen molar-refractivity contribution in [2.24, 2.45) is 0 Å². The monoisotopic (exact) mass is 308 g/mol. The molecule has 3 rings (SSSR count). The molecule has 0 radical (unpaired) electrons. The summed E-state index contributed by atoms with van der Waals surface area (Å²) in [5.74, 6) is -0.497. The first-order valence-corrected chi connectivity index (χ1v) is 6.58. The van der Waals surface area contributed by atoms with Crippen LogP contribution in [-0.4, -0.2) is 19.5 Å². The van der Waals surface area contributed by atoms with Gasteiger partial charge in [0.1, 0.15) is 11.3 Å². The number of fused-ring (bicyclic) bond motifs is 1. The van der Waals surface area contributed by atoms with E-state index in [9.17, 15) is 14.0 Å². The molecule has 0 aliphatic rings. The smallest absolute Gasteiger partial charge is 0.330 e. The summed E-state index contributed by atoms with van der Waals surface area (Å²) >= 11 is 5.74. The van der Waals surface area contributed by atoms with Gasteiger partial charge in [-0.1, -0.05) is 17.7 Å². The van der Waals surface area contributed by atoms with Gasteiger partial charge < -0.3 is 4.98 Å². The first-order chi connectivity index (χ1) is 10.0. The largest absolute Gasteiger partial charge is 0.332 e. The highest BCUT2D eigenvalue weighted by Gasteiger charge is 2.16. The minimum absolute atomic E-state index is 0.0465.